The van der Waals surface area contributed by atoms with E-state index in [1.54, 1.807) is 5.48 Å². The monoisotopic (exact) mass is 341 g/mol. The topological polar surface area (TPSA) is 74.3 Å². The van der Waals surface area contributed by atoms with E-state index in [0.29, 0.717) is 12.0 Å². The van der Waals surface area contributed by atoms with Gasteiger partial charge in [-0.05, 0) is 32.1 Å². The molecule has 7 heteroatoms. The van der Waals surface area contributed by atoms with Crippen molar-refractivity contribution >= 4 is 5.91 Å². The fraction of sp³-hybridized carbons (Fsp3) is 0.941. The van der Waals surface area contributed by atoms with E-state index in [1.807, 2.05) is 0 Å². The summed E-state index contributed by atoms with van der Waals surface area (Å²) in [6.45, 7) is 9.89. The Morgan fingerprint density at radius 2 is 2.04 bits per heavy atom. The van der Waals surface area contributed by atoms with Gasteiger partial charge < -0.3 is 9.47 Å². The first kappa shape index (κ1) is 18.1. The SMILES string of the molecule is C[C@H]1COC2CC(C(=O)NO)CCC2CN1CCN1CCOCC1. The van der Waals surface area contributed by atoms with Gasteiger partial charge in [0.15, 0.2) is 0 Å². The van der Waals surface area contributed by atoms with Crippen LogP contribution in [0.3, 0.4) is 0 Å². The van der Waals surface area contributed by atoms with Crippen LogP contribution in [0.4, 0.5) is 0 Å². The summed E-state index contributed by atoms with van der Waals surface area (Å²) in [6, 6.07) is 0.404. The van der Waals surface area contributed by atoms with Gasteiger partial charge in [0.25, 0.3) is 0 Å². The molecule has 2 N–H and O–H groups in total. The molecule has 3 aliphatic rings. The maximum Gasteiger partial charge on any atom is 0.246 e. The number of fused-ring (bicyclic) bond motifs is 1. The van der Waals surface area contributed by atoms with Gasteiger partial charge in [0.2, 0.25) is 5.91 Å². The number of ether oxygens (including phenoxy) is 2. The van der Waals surface area contributed by atoms with Crippen molar-refractivity contribution in [3.8, 4) is 0 Å². The molecule has 24 heavy (non-hydrogen) atoms. The molecule has 3 rings (SSSR count). The summed E-state index contributed by atoms with van der Waals surface area (Å²) in [5, 5.41) is 8.85. The maximum absolute atomic E-state index is 11.7. The number of morpholine rings is 1. The lowest BCUT2D eigenvalue weighted by atomic mass is 9.79. The molecule has 0 bridgehead atoms. The molecule has 3 fully saturated rings. The fourth-order valence-corrected chi connectivity index (χ4v) is 4.19. The van der Waals surface area contributed by atoms with Gasteiger partial charge in [0, 0.05) is 44.7 Å². The Kier molecular flexibility index (Phi) is 6.46. The number of hydrogen-bond acceptors (Lipinski definition) is 6. The van der Waals surface area contributed by atoms with Crippen molar-refractivity contribution in [2.45, 2.75) is 38.3 Å². The largest absolute Gasteiger partial charge is 0.379 e. The van der Waals surface area contributed by atoms with Gasteiger partial charge in [0.05, 0.1) is 25.9 Å². The van der Waals surface area contributed by atoms with Gasteiger partial charge in [-0.25, -0.2) is 5.48 Å². The maximum atomic E-state index is 11.7. The first-order valence-corrected chi connectivity index (χ1v) is 9.27. The molecule has 1 aliphatic carbocycles. The summed E-state index contributed by atoms with van der Waals surface area (Å²) in [5.41, 5.74) is 1.80. The zero-order chi connectivity index (χ0) is 16.9. The third-order valence-corrected chi connectivity index (χ3v) is 5.86. The predicted octanol–water partition coefficient (Wildman–Crippen LogP) is 0.330. The number of nitrogens with zero attached hydrogens (tertiary/aromatic N) is 2. The molecular weight excluding hydrogens is 310 g/mol. The van der Waals surface area contributed by atoms with Crippen LogP contribution in [0, 0.1) is 11.8 Å². The number of amides is 1. The van der Waals surface area contributed by atoms with Crippen LogP contribution >= 0.6 is 0 Å². The second-order valence-corrected chi connectivity index (χ2v) is 7.42. The van der Waals surface area contributed by atoms with E-state index in [9.17, 15) is 4.79 Å². The van der Waals surface area contributed by atoms with Gasteiger partial charge in [-0.3, -0.25) is 19.8 Å². The summed E-state index contributed by atoms with van der Waals surface area (Å²) in [7, 11) is 0. The molecule has 138 valence electrons. The molecular formula is C17H31N3O4. The van der Waals surface area contributed by atoms with Gasteiger partial charge in [-0.15, -0.1) is 0 Å². The molecule has 1 saturated carbocycles. The van der Waals surface area contributed by atoms with E-state index in [4.69, 9.17) is 14.7 Å². The van der Waals surface area contributed by atoms with E-state index in [1.165, 1.54) is 0 Å². The van der Waals surface area contributed by atoms with Crippen LogP contribution in [0.15, 0.2) is 0 Å². The summed E-state index contributed by atoms with van der Waals surface area (Å²) < 4.78 is 11.5. The lowest BCUT2D eigenvalue weighted by Gasteiger charge is -2.36. The minimum atomic E-state index is -0.265. The molecule has 3 unspecified atom stereocenters. The lowest BCUT2D eigenvalue weighted by molar-refractivity contribution is -0.137. The Bertz CT molecular complexity index is 417. The average Bonchev–Trinajstić information content (AvgIpc) is 2.78. The molecule has 2 saturated heterocycles. The van der Waals surface area contributed by atoms with E-state index in [0.717, 1.165) is 71.8 Å². The van der Waals surface area contributed by atoms with Crippen LogP contribution < -0.4 is 5.48 Å². The van der Waals surface area contributed by atoms with Crippen molar-refractivity contribution < 1.29 is 19.5 Å². The zero-order valence-corrected chi connectivity index (χ0v) is 14.7. The number of carbonyl (C=O) groups is 1. The zero-order valence-electron chi connectivity index (χ0n) is 14.7. The third kappa shape index (κ3) is 4.46. The molecule has 4 atom stereocenters. The first-order chi connectivity index (χ1) is 11.7. The Labute approximate surface area is 144 Å². The number of hydroxylamine groups is 1. The quantitative estimate of drug-likeness (QED) is 0.567. The van der Waals surface area contributed by atoms with Crippen LogP contribution in [0.5, 0.6) is 0 Å². The second-order valence-electron chi connectivity index (χ2n) is 7.42. The Morgan fingerprint density at radius 1 is 1.25 bits per heavy atom. The van der Waals surface area contributed by atoms with E-state index in [2.05, 4.69) is 16.7 Å². The molecule has 0 aromatic carbocycles. The second kappa shape index (κ2) is 8.58. The number of rotatable bonds is 4. The molecule has 1 amide bonds. The summed E-state index contributed by atoms with van der Waals surface area (Å²) in [6.07, 6.45) is 2.68. The average molecular weight is 341 g/mol. The summed E-state index contributed by atoms with van der Waals surface area (Å²) in [5.74, 6) is 0.104. The van der Waals surface area contributed by atoms with Crippen molar-refractivity contribution in [1.82, 2.24) is 15.3 Å². The van der Waals surface area contributed by atoms with Crippen molar-refractivity contribution in [3.05, 3.63) is 0 Å². The van der Waals surface area contributed by atoms with Crippen molar-refractivity contribution in [2.75, 3.05) is 52.5 Å². The predicted molar refractivity (Wildman–Crippen MR) is 88.8 cm³/mol. The molecule has 2 heterocycles. The first-order valence-electron chi connectivity index (χ1n) is 9.27. The van der Waals surface area contributed by atoms with Crippen LogP contribution in [0.1, 0.15) is 26.2 Å². The highest BCUT2D eigenvalue weighted by atomic mass is 16.5. The standard InChI is InChI=1S/C17H31N3O4/c1-13-12-24-16-10-14(17(21)18-22)2-3-15(16)11-20(13)5-4-19-6-8-23-9-7-19/h13-16,22H,2-12H2,1H3,(H,18,21)/t13-,14?,15?,16?/m0/s1. The molecule has 2 aliphatic heterocycles. The molecule has 0 aromatic heterocycles. The van der Waals surface area contributed by atoms with Crippen molar-refractivity contribution in [2.24, 2.45) is 11.8 Å². The summed E-state index contributed by atoms with van der Waals surface area (Å²) >= 11 is 0. The Balaban J connectivity index is 1.52. The molecule has 0 spiro atoms. The van der Waals surface area contributed by atoms with Gasteiger partial charge in [-0.2, -0.15) is 0 Å². The van der Waals surface area contributed by atoms with Crippen LogP contribution in [-0.4, -0.2) is 85.6 Å². The molecule has 7 nitrogen and oxygen atoms in total. The summed E-state index contributed by atoms with van der Waals surface area (Å²) in [4.78, 5) is 16.7. The minimum absolute atomic E-state index is 0.119. The highest BCUT2D eigenvalue weighted by molar-refractivity contribution is 5.77. The van der Waals surface area contributed by atoms with E-state index >= 15 is 0 Å². The van der Waals surface area contributed by atoms with Crippen molar-refractivity contribution in [3.63, 3.8) is 0 Å². The van der Waals surface area contributed by atoms with Crippen LogP contribution in [0.25, 0.3) is 0 Å². The van der Waals surface area contributed by atoms with E-state index < -0.39 is 0 Å². The molecule has 0 radical (unpaired) electrons. The van der Waals surface area contributed by atoms with Gasteiger partial charge >= 0.3 is 0 Å². The van der Waals surface area contributed by atoms with Gasteiger partial charge in [0.1, 0.15) is 0 Å². The molecule has 0 aromatic rings. The minimum Gasteiger partial charge on any atom is -0.379 e. The van der Waals surface area contributed by atoms with Crippen molar-refractivity contribution in [1.29, 1.82) is 0 Å². The smallest absolute Gasteiger partial charge is 0.246 e. The van der Waals surface area contributed by atoms with E-state index in [-0.39, 0.29) is 17.9 Å². The lowest BCUT2D eigenvalue weighted by Crippen LogP contribution is -2.46. The highest BCUT2D eigenvalue weighted by Gasteiger charge is 2.38. The van der Waals surface area contributed by atoms with Gasteiger partial charge in [-0.1, -0.05) is 0 Å². The highest BCUT2D eigenvalue weighted by Crippen LogP contribution is 2.34. The Hall–Kier alpha value is -0.730. The third-order valence-electron chi connectivity index (χ3n) is 5.86. The van der Waals surface area contributed by atoms with Crippen LogP contribution in [-0.2, 0) is 14.3 Å². The number of hydrogen-bond donors (Lipinski definition) is 2. The van der Waals surface area contributed by atoms with Crippen LogP contribution in [0.2, 0.25) is 0 Å². The Morgan fingerprint density at radius 3 is 2.79 bits per heavy atom. The normalized spacial score (nSPS) is 35.9. The number of carbonyl (C=O) groups excluding carboxylic acids is 1. The number of nitrogens with one attached hydrogen (secondary N) is 1. The fourth-order valence-electron chi connectivity index (χ4n) is 4.19.